The van der Waals surface area contributed by atoms with Gasteiger partial charge < -0.3 is 20.5 Å². The molecule has 31 heavy (non-hydrogen) atoms. The first-order valence-electron chi connectivity index (χ1n) is 10.1. The highest BCUT2D eigenvalue weighted by atomic mass is 16.7. The van der Waals surface area contributed by atoms with E-state index >= 15 is 0 Å². The molecule has 1 saturated carbocycles. The van der Waals surface area contributed by atoms with E-state index in [0.717, 1.165) is 35.2 Å². The Bertz CT molecular complexity index is 1220. The van der Waals surface area contributed by atoms with Gasteiger partial charge in [-0.2, -0.15) is 0 Å². The van der Waals surface area contributed by atoms with Crippen molar-refractivity contribution in [2.45, 2.75) is 25.2 Å². The molecule has 1 aliphatic heterocycles. The number of primary amides is 1. The first-order valence-corrected chi connectivity index (χ1v) is 10.1. The Morgan fingerprint density at radius 1 is 1.06 bits per heavy atom. The molecule has 7 nitrogen and oxygen atoms in total. The van der Waals surface area contributed by atoms with Crippen molar-refractivity contribution in [1.29, 1.82) is 0 Å². The number of amides is 2. The minimum Gasteiger partial charge on any atom is -0.454 e. The molecule has 1 aromatic heterocycles. The Morgan fingerprint density at radius 2 is 1.87 bits per heavy atom. The number of hydrogen-bond acceptors (Lipinski definition) is 5. The van der Waals surface area contributed by atoms with Crippen LogP contribution in [0.25, 0.3) is 11.1 Å². The summed E-state index contributed by atoms with van der Waals surface area (Å²) in [6.07, 6.45) is 1.55. The van der Waals surface area contributed by atoms with Crippen LogP contribution in [0, 0.1) is 6.92 Å². The zero-order valence-corrected chi connectivity index (χ0v) is 17.0. The molecule has 2 heterocycles. The number of carbonyl (C=O) groups excluding carboxylic acids is 2. The van der Waals surface area contributed by atoms with Crippen LogP contribution in [0.15, 0.2) is 54.6 Å². The van der Waals surface area contributed by atoms with Crippen LogP contribution in [0.1, 0.15) is 35.9 Å². The fourth-order valence-corrected chi connectivity index (χ4v) is 3.98. The summed E-state index contributed by atoms with van der Waals surface area (Å²) in [5.41, 5.74) is 8.64. The third kappa shape index (κ3) is 3.38. The maximum absolute atomic E-state index is 13.1. The summed E-state index contributed by atoms with van der Waals surface area (Å²) in [7, 11) is 0. The largest absolute Gasteiger partial charge is 0.454 e. The number of ether oxygens (including phenoxy) is 2. The summed E-state index contributed by atoms with van der Waals surface area (Å²) in [5.74, 6) is 1.31. The molecular weight excluding hydrogens is 394 g/mol. The van der Waals surface area contributed by atoms with E-state index < -0.39 is 11.3 Å². The third-order valence-electron chi connectivity index (χ3n) is 5.90. The third-order valence-corrected chi connectivity index (χ3v) is 5.90. The van der Waals surface area contributed by atoms with Gasteiger partial charge in [-0.3, -0.25) is 9.59 Å². The van der Waals surface area contributed by atoms with E-state index in [2.05, 4.69) is 10.3 Å². The number of aryl methyl sites for hydroxylation is 1. The Hall–Kier alpha value is -3.87. The topological polar surface area (TPSA) is 104 Å². The average molecular weight is 417 g/mol. The van der Waals surface area contributed by atoms with Crippen LogP contribution in [0.2, 0.25) is 0 Å². The van der Waals surface area contributed by atoms with Gasteiger partial charge in [-0.05, 0) is 67.3 Å². The molecule has 2 amide bonds. The lowest BCUT2D eigenvalue weighted by atomic mass is 9.94. The minimum absolute atomic E-state index is 0. The molecule has 1 fully saturated rings. The molecule has 2 aliphatic rings. The molecule has 0 radical (unpaired) electrons. The zero-order chi connectivity index (χ0) is 21.6. The lowest BCUT2D eigenvalue weighted by molar-refractivity contribution is -0.118. The van der Waals surface area contributed by atoms with Crippen LogP contribution >= 0.6 is 0 Å². The standard InChI is InChI=1S/C24H21N3O4.H2/c1-14-18(15-3-2-4-16(11-15)22(25)28)6-8-21(26-14)27-23(29)24(9-10-24)17-5-7-19-20(12-17)31-13-30-19;/h2-8,11-12H,9-10,13H2,1H3,(H2,25,28)(H,26,27,29);1H. The second kappa shape index (κ2) is 7.12. The van der Waals surface area contributed by atoms with E-state index in [0.29, 0.717) is 22.9 Å². The van der Waals surface area contributed by atoms with Gasteiger partial charge in [0.1, 0.15) is 5.82 Å². The highest BCUT2D eigenvalue weighted by Crippen LogP contribution is 2.51. The number of nitrogens with zero attached hydrogens (tertiary/aromatic N) is 1. The van der Waals surface area contributed by atoms with E-state index in [1.165, 1.54) is 0 Å². The van der Waals surface area contributed by atoms with Crippen molar-refractivity contribution in [1.82, 2.24) is 4.98 Å². The average Bonchev–Trinajstić information content (AvgIpc) is 3.45. The molecule has 3 N–H and O–H groups in total. The Labute approximate surface area is 180 Å². The van der Waals surface area contributed by atoms with Crippen molar-refractivity contribution in [3.63, 3.8) is 0 Å². The van der Waals surface area contributed by atoms with E-state index in [-0.39, 0.29) is 14.1 Å². The smallest absolute Gasteiger partial charge is 0.248 e. The molecule has 2 aromatic carbocycles. The van der Waals surface area contributed by atoms with Crippen LogP contribution in [0.3, 0.4) is 0 Å². The SMILES string of the molecule is Cc1nc(NC(=O)C2(c3ccc4c(c3)OCO4)CC2)ccc1-c1cccc(C(N)=O)c1.[HH]. The number of pyridine rings is 1. The summed E-state index contributed by atoms with van der Waals surface area (Å²) >= 11 is 0. The number of benzene rings is 2. The number of aromatic nitrogens is 1. The monoisotopic (exact) mass is 417 g/mol. The number of nitrogens with two attached hydrogens (primary N) is 1. The highest BCUT2D eigenvalue weighted by Gasteiger charge is 2.51. The highest BCUT2D eigenvalue weighted by molar-refractivity contribution is 6.01. The molecule has 1 aliphatic carbocycles. The maximum atomic E-state index is 13.1. The summed E-state index contributed by atoms with van der Waals surface area (Å²) in [6, 6.07) is 16.4. The van der Waals surface area contributed by atoms with E-state index in [9.17, 15) is 9.59 Å². The van der Waals surface area contributed by atoms with Crippen LogP contribution in [0.5, 0.6) is 11.5 Å². The van der Waals surface area contributed by atoms with Gasteiger partial charge >= 0.3 is 0 Å². The Kier molecular flexibility index (Phi) is 4.39. The molecular formula is C24H23N3O4. The van der Waals surface area contributed by atoms with Crippen LogP contribution in [0.4, 0.5) is 5.82 Å². The number of hydrogen-bond donors (Lipinski definition) is 2. The molecule has 0 bridgehead atoms. The number of carbonyl (C=O) groups is 2. The van der Waals surface area contributed by atoms with Gasteiger partial charge in [-0.1, -0.05) is 18.2 Å². The summed E-state index contributed by atoms with van der Waals surface area (Å²) in [5, 5.41) is 2.96. The second-order valence-electron chi connectivity index (χ2n) is 7.88. The quantitative estimate of drug-likeness (QED) is 0.657. The van der Waals surface area contributed by atoms with Gasteiger partial charge in [0, 0.05) is 18.2 Å². The zero-order valence-electron chi connectivity index (χ0n) is 17.0. The first kappa shape index (κ1) is 19.1. The van der Waals surface area contributed by atoms with E-state index in [4.69, 9.17) is 15.2 Å². The van der Waals surface area contributed by atoms with E-state index in [1.807, 2.05) is 37.3 Å². The molecule has 0 saturated heterocycles. The van der Waals surface area contributed by atoms with Crippen LogP contribution < -0.4 is 20.5 Å². The summed E-state index contributed by atoms with van der Waals surface area (Å²) < 4.78 is 10.8. The molecule has 158 valence electrons. The van der Waals surface area contributed by atoms with Crippen LogP contribution in [-0.2, 0) is 10.2 Å². The summed E-state index contributed by atoms with van der Waals surface area (Å²) in [4.78, 5) is 29.1. The molecule has 3 aromatic rings. The minimum atomic E-state index is -0.564. The predicted octanol–water partition coefficient (Wildman–Crippen LogP) is 3.80. The molecule has 0 spiro atoms. The van der Waals surface area contributed by atoms with E-state index in [1.54, 1.807) is 24.3 Å². The van der Waals surface area contributed by atoms with Gasteiger partial charge in [-0.15, -0.1) is 0 Å². The van der Waals surface area contributed by atoms with Crippen molar-refractivity contribution in [3.8, 4) is 22.6 Å². The number of nitrogens with one attached hydrogen (secondary N) is 1. The first-order chi connectivity index (χ1) is 15.0. The van der Waals surface area contributed by atoms with Gasteiger partial charge in [0.05, 0.1) is 5.41 Å². The van der Waals surface area contributed by atoms with Crippen molar-refractivity contribution < 1.29 is 20.5 Å². The van der Waals surface area contributed by atoms with Crippen molar-refractivity contribution in [2.75, 3.05) is 12.1 Å². The second-order valence-corrected chi connectivity index (χ2v) is 7.88. The van der Waals surface area contributed by atoms with Crippen LogP contribution in [-0.4, -0.2) is 23.6 Å². The summed E-state index contributed by atoms with van der Waals surface area (Å²) in [6.45, 7) is 2.07. The lowest BCUT2D eigenvalue weighted by Gasteiger charge is -2.17. The Morgan fingerprint density at radius 3 is 2.61 bits per heavy atom. The molecule has 0 atom stereocenters. The van der Waals surface area contributed by atoms with Gasteiger partial charge in [0.15, 0.2) is 11.5 Å². The maximum Gasteiger partial charge on any atom is 0.248 e. The number of fused-ring (bicyclic) bond motifs is 1. The molecule has 0 unspecified atom stereocenters. The predicted molar refractivity (Wildman–Crippen MR) is 117 cm³/mol. The lowest BCUT2D eigenvalue weighted by Crippen LogP contribution is -2.28. The van der Waals surface area contributed by atoms with Crippen molar-refractivity contribution in [3.05, 3.63) is 71.4 Å². The Balaban J connectivity index is 0.00000245. The fourth-order valence-electron chi connectivity index (χ4n) is 3.98. The number of rotatable bonds is 5. The normalized spacial score (nSPS) is 15.4. The fraction of sp³-hybridized carbons (Fsp3) is 0.208. The van der Waals surface area contributed by atoms with Gasteiger partial charge in [0.2, 0.25) is 18.6 Å². The number of anilines is 1. The van der Waals surface area contributed by atoms with Gasteiger partial charge in [0.25, 0.3) is 0 Å². The molecule has 7 heteroatoms. The van der Waals surface area contributed by atoms with Crippen molar-refractivity contribution >= 4 is 17.6 Å². The van der Waals surface area contributed by atoms with Crippen molar-refractivity contribution in [2.24, 2.45) is 5.73 Å². The molecule has 5 rings (SSSR count). The van der Waals surface area contributed by atoms with Gasteiger partial charge in [-0.25, -0.2) is 4.98 Å².